The van der Waals surface area contributed by atoms with E-state index in [1.165, 1.54) is 24.4 Å². The van der Waals surface area contributed by atoms with Crippen LogP contribution in [0.1, 0.15) is 22.8 Å². The van der Waals surface area contributed by atoms with Gasteiger partial charge in [-0.1, -0.05) is 6.07 Å². The van der Waals surface area contributed by atoms with Gasteiger partial charge in [-0.25, -0.2) is 4.98 Å². The van der Waals surface area contributed by atoms with E-state index in [2.05, 4.69) is 15.6 Å². The number of nitrogens with one attached hydrogen (secondary N) is 2. The largest absolute Gasteiger partial charge is 0.416 e. The zero-order chi connectivity index (χ0) is 17.7. The van der Waals surface area contributed by atoms with Crippen LogP contribution in [-0.2, 0) is 6.18 Å². The summed E-state index contributed by atoms with van der Waals surface area (Å²) in [4.78, 5) is 16.3. The number of amides is 1. The molecule has 1 aromatic carbocycles. The Kier molecular flexibility index (Phi) is 7.20. The predicted molar refractivity (Wildman–Crippen MR) is 92.2 cm³/mol. The maximum Gasteiger partial charge on any atom is 0.416 e. The Labute approximate surface area is 149 Å². The van der Waals surface area contributed by atoms with Crippen LogP contribution in [0.3, 0.4) is 0 Å². The van der Waals surface area contributed by atoms with Crippen molar-refractivity contribution in [3.63, 3.8) is 0 Å². The van der Waals surface area contributed by atoms with Gasteiger partial charge in [-0.05, 0) is 37.3 Å². The van der Waals surface area contributed by atoms with Crippen molar-refractivity contribution in [2.24, 2.45) is 5.73 Å². The number of rotatable bonds is 5. The second kappa shape index (κ2) is 8.68. The molecule has 9 heteroatoms. The molecule has 0 aliphatic carbocycles. The Balaban J connectivity index is 0.00000312. The first kappa shape index (κ1) is 20.7. The first-order valence-electron chi connectivity index (χ1n) is 7.21. The van der Waals surface area contributed by atoms with Crippen LogP contribution >= 0.6 is 12.4 Å². The minimum atomic E-state index is -4.45. The molecule has 1 amide bonds. The summed E-state index contributed by atoms with van der Waals surface area (Å²) >= 11 is 0. The summed E-state index contributed by atoms with van der Waals surface area (Å²) in [5, 5.41) is 5.44. The van der Waals surface area contributed by atoms with Gasteiger partial charge in [-0.3, -0.25) is 4.79 Å². The molecule has 0 radical (unpaired) electrons. The maximum absolute atomic E-state index is 12.8. The van der Waals surface area contributed by atoms with Crippen molar-refractivity contribution in [2.45, 2.75) is 19.1 Å². The van der Waals surface area contributed by atoms with Gasteiger partial charge < -0.3 is 16.4 Å². The normalized spacial score (nSPS) is 12.0. The van der Waals surface area contributed by atoms with E-state index >= 15 is 0 Å². The third-order valence-electron chi connectivity index (χ3n) is 3.24. The van der Waals surface area contributed by atoms with Crippen LogP contribution in [0, 0.1) is 0 Å². The molecule has 4 N–H and O–H groups in total. The van der Waals surface area contributed by atoms with Gasteiger partial charge in [0.05, 0.1) is 11.1 Å². The third-order valence-corrected chi connectivity index (χ3v) is 3.24. The molecule has 2 rings (SSSR count). The quantitative estimate of drug-likeness (QED) is 0.749. The lowest BCUT2D eigenvalue weighted by atomic mass is 10.1. The molecule has 0 aliphatic rings. The highest BCUT2D eigenvalue weighted by Gasteiger charge is 2.30. The molecule has 1 heterocycles. The first-order chi connectivity index (χ1) is 11.3. The van der Waals surface area contributed by atoms with Crippen molar-refractivity contribution in [1.29, 1.82) is 0 Å². The summed E-state index contributed by atoms with van der Waals surface area (Å²) in [5.41, 5.74) is 5.08. The van der Waals surface area contributed by atoms with Crippen LogP contribution in [0.15, 0.2) is 42.6 Å². The molecule has 0 saturated heterocycles. The molecular formula is C16H18ClF3N4O. The molecule has 5 nitrogen and oxygen atoms in total. The molecule has 1 atom stereocenters. The molecule has 2 aromatic rings. The summed E-state index contributed by atoms with van der Waals surface area (Å²) in [6.45, 7) is 2.01. The van der Waals surface area contributed by atoms with Gasteiger partial charge in [-0.15, -0.1) is 12.4 Å². The second-order valence-electron chi connectivity index (χ2n) is 5.21. The van der Waals surface area contributed by atoms with Crippen LogP contribution < -0.4 is 16.4 Å². The molecule has 0 saturated carbocycles. The monoisotopic (exact) mass is 374 g/mol. The number of halogens is 4. The number of nitrogens with two attached hydrogens (primary N) is 1. The Hall–Kier alpha value is -2.32. The fourth-order valence-corrected chi connectivity index (χ4v) is 1.96. The number of aromatic nitrogens is 1. The highest BCUT2D eigenvalue weighted by molar-refractivity contribution is 5.99. The summed E-state index contributed by atoms with van der Waals surface area (Å²) in [7, 11) is 0. The van der Waals surface area contributed by atoms with Gasteiger partial charge in [0, 0.05) is 24.5 Å². The smallest absolute Gasteiger partial charge is 0.348 e. The van der Waals surface area contributed by atoms with E-state index in [9.17, 15) is 18.0 Å². The summed E-state index contributed by atoms with van der Waals surface area (Å²) < 4.78 is 38.3. The second-order valence-corrected chi connectivity index (χ2v) is 5.21. The number of hydrogen-bond acceptors (Lipinski definition) is 4. The summed E-state index contributed by atoms with van der Waals surface area (Å²) in [6.07, 6.45) is -3.00. The zero-order valence-corrected chi connectivity index (χ0v) is 14.1. The molecule has 25 heavy (non-hydrogen) atoms. The van der Waals surface area contributed by atoms with Gasteiger partial charge >= 0.3 is 6.18 Å². The Morgan fingerprint density at radius 1 is 1.28 bits per heavy atom. The minimum absolute atomic E-state index is 0. The average Bonchev–Trinajstić information content (AvgIpc) is 2.54. The number of anilines is 2. The van der Waals surface area contributed by atoms with Crippen molar-refractivity contribution in [3.8, 4) is 0 Å². The highest BCUT2D eigenvalue weighted by atomic mass is 35.5. The third kappa shape index (κ3) is 5.61. The summed E-state index contributed by atoms with van der Waals surface area (Å²) in [5.74, 6) is -0.242. The average molecular weight is 375 g/mol. The van der Waals surface area contributed by atoms with E-state index < -0.39 is 17.6 Å². The van der Waals surface area contributed by atoms with E-state index in [1.807, 2.05) is 0 Å². The van der Waals surface area contributed by atoms with Gasteiger partial charge in [0.2, 0.25) is 0 Å². The van der Waals surface area contributed by atoms with Crippen LogP contribution in [0.4, 0.5) is 24.7 Å². The van der Waals surface area contributed by atoms with E-state index in [4.69, 9.17) is 5.73 Å². The van der Waals surface area contributed by atoms with E-state index in [0.29, 0.717) is 0 Å². The molecule has 0 fully saturated rings. The molecular weight excluding hydrogens is 357 g/mol. The number of benzene rings is 1. The Bertz CT molecular complexity index is 725. The Morgan fingerprint density at radius 2 is 2.00 bits per heavy atom. The van der Waals surface area contributed by atoms with Crippen molar-refractivity contribution in [2.75, 3.05) is 11.9 Å². The van der Waals surface area contributed by atoms with Crippen molar-refractivity contribution in [1.82, 2.24) is 10.3 Å². The predicted octanol–water partition coefficient (Wildman–Crippen LogP) is 3.34. The van der Waals surface area contributed by atoms with Gasteiger partial charge in [0.1, 0.15) is 5.82 Å². The number of alkyl halides is 3. The lowest BCUT2D eigenvalue weighted by Crippen LogP contribution is -2.38. The topological polar surface area (TPSA) is 80.0 Å². The molecule has 0 bridgehead atoms. The fourth-order valence-electron chi connectivity index (χ4n) is 1.96. The van der Waals surface area contributed by atoms with Gasteiger partial charge in [0.25, 0.3) is 5.91 Å². The number of pyridine rings is 1. The van der Waals surface area contributed by atoms with Crippen LogP contribution in [-0.4, -0.2) is 23.5 Å². The van der Waals surface area contributed by atoms with E-state index in [0.717, 1.165) is 12.1 Å². The lowest BCUT2D eigenvalue weighted by molar-refractivity contribution is -0.137. The summed E-state index contributed by atoms with van der Waals surface area (Å²) in [6, 6.07) is 7.54. The maximum atomic E-state index is 12.8. The van der Waals surface area contributed by atoms with Crippen LogP contribution in [0.5, 0.6) is 0 Å². The van der Waals surface area contributed by atoms with E-state index in [1.54, 1.807) is 13.0 Å². The molecule has 1 aromatic heterocycles. The Morgan fingerprint density at radius 3 is 2.64 bits per heavy atom. The lowest BCUT2D eigenvalue weighted by Gasteiger charge is -2.15. The van der Waals surface area contributed by atoms with E-state index in [-0.39, 0.29) is 42.1 Å². The minimum Gasteiger partial charge on any atom is -0.348 e. The zero-order valence-electron chi connectivity index (χ0n) is 13.3. The molecule has 0 unspecified atom stereocenters. The first-order valence-corrected chi connectivity index (χ1v) is 7.21. The standard InChI is InChI=1S/C16H17F3N4O.ClH/c1-10(9-20)22-15(24)13-6-3-7-21-14(13)23-12-5-2-4-11(8-12)16(17,18)19;/h2-8,10H,9,20H2,1H3,(H,21,23)(H,22,24);1H/t10-;/m0./s1. The number of hydrogen-bond donors (Lipinski definition) is 3. The fraction of sp³-hybridized carbons (Fsp3) is 0.250. The highest BCUT2D eigenvalue weighted by Crippen LogP contribution is 2.31. The molecule has 0 spiro atoms. The number of nitrogens with zero attached hydrogens (tertiary/aromatic N) is 1. The van der Waals surface area contributed by atoms with Crippen molar-refractivity contribution in [3.05, 3.63) is 53.7 Å². The van der Waals surface area contributed by atoms with Crippen molar-refractivity contribution < 1.29 is 18.0 Å². The number of carbonyl (C=O) groups excluding carboxylic acids is 1. The van der Waals surface area contributed by atoms with Crippen LogP contribution in [0.25, 0.3) is 0 Å². The van der Waals surface area contributed by atoms with Crippen molar-refractivity contribution >= 4 is 29.8 Å². The number of carbonyl (C=O) groups is 1. The van der Waals surface area contributed by atoms with Gasteiger partial charge in [0.15, 0.2) is 0 Å². The molecule has 0 aliphatic heterocycles. The SMILES string of the molecule is C[C@@H](CN)NC(=O)c1cccnc1Nc1cccc(C(F)(F)F)c1.Cl. The molecule has 136 valence electrons. The van der Waals surface area contributed by atoms with Gasteiger partial charge in [-0.2, -0.15) is 13.2 Å². The van der Waals surface area contributed by atoms with Crippen LogP contribution in [0.2, 0.25) is 0 Å².